The molecule has 2 rings (SSSR count). The quantitative estimate of drug-likeness (QED) is 0.656. The van der Waals surface area contributed by atoms with E-state index in [2.05, 4.69) is 5.43 Å². The molecule has 2 aromatic rings. The van der Waals surface area contributed by atoms with Crippen molar-refractivity contribution in [3.63, 3.8) is 0 Å². The van der Waals surface area contributed by atoms with E-state index < -0.39 is 0 Å². The van der Waals surface area contributed by atoms with Crippen LogP contribution in [-0.2, 0) is 4.74 Å². The summed E-state index contributed by atoms with van der Waals surface area (Å²) in [6.45, 7) is 8.56. The summed E-state index contributed by atoms with van der Waals surface area (Å²) >= 11 is 0. The van der Waals surface area contributed by atoms with E-state index in [0.29, 0.717) is 6.61 Å². The van der Waals surface area contributed by atoms with Crippen molar-refractivity contribution in [2.75, 3.05) is 6.61 Å². The standard InChI is InChI=1S/C15H22N2O2/c1-10-6-5-7-11-8-13(19-14(10)11)12(17-16)9-18-15(2,3)4/h5-8,12,17H,9,16H2,1-4H3. The molecule has 0 aliphatic rings. The molecule has 3 N–H and O–H groups in total. The maximum atomic E-state index is 5.89. The van der Waals surface area contributed by atoms with Crippen LogP contribution in [-0.4, -0.2) is 12.2 Å². The number of hydrogen-bond acceptors (Lipinski definition) is 4. The fourth-order valence-corrected chi connectivity index (χ4v) is 1.95. The second-order valence-electron chi connectivity index (χ2n) is 5.78. The number of fused-ring (bicyclic) bond motifs is 1. The topological polar surface area (TPSA) is 60.4 Å². The lowest BCUT2D eigenvalue weighted by atomic mass is 10.1. The third-order valence-electron chi connectivity index (χ3n) is 2.99. The Morgan fingerprint density at radius 3 is 2.68 bits per heavy atom. The van der Waals surface area contributed by atoms with Crippen LogP contribution in [0.3, 0.4) is 0 Å². The van der Waals surface area contributed by atoms with Crippen molar-refractivity contribution in [2.45, 2.75) is 39.3 Å². The molecule has 4 nitrogen and oxygen atoms in total. The predicted octanol–water partition coefficient (Wildman–Crippen LogP) is 3.06. The summed E-state index contributed by atoms with van der Waals surface area (Å²) in [5, 5.41) is 1.09. The summed E-state index contributed by atoms with van der Waals surface area (Å²) in [5.74, 6) is 6.41. The molecule has 1 heterocycles. The highest BCUT2D eigenvalue weighted by Gasteiger charge is 2.19. The van der Waals surface area contributed by atoms with Crippen LogP contribution in [0.2, 0.25) is 0 Å². The molecule has 0 saturated heterocycles. The zero-order chi connectivity index (χ0) is 14.0. The number of nitrogens with two attached hydrogens (primary N) is 1. The third-order valence-corrected chi connectivity index (χ3v) is 2.99. The number of para-hydroxylation sites is 1. The van der Waals surface area contributed by atoms with Gasteiger partial charge in [-0.3, -0.25) is 5.84 Å². The largest absolute Gasteiger partial charge is 0.459 e. The number of aryl methyl sites for hydroxylation is 1. The lowest BCUT2D eigenvalue weighted by Crippen LogP contribution is -2.34. The Hall–Kier alpha value is -1.36. The van der Waals surface area contributed by atoms with E-state index in [9.17, 15) is 0 Å². The van der Waals surface area contributed by atoms with E-state index in [1.165, 1.54) is 0 Å². The summed E-state index contributed by atoms with van der Waals surface area (Å²) in [6.07, 6.45) is 0. The van der Waals surface area contributed by atoms with Crippen LogP contribution in [0.25, 0.3) is 11.0 Å². The third kappa shape index (κ3) is 3.35. The van der Waals surface area contributed by atoms with Crippen molar-refractivity contribution in [3.05, 3.63) is 35.6 Å². The van der Waals surface area contributed by atoms with Crippen LogP contribution < -0.4 is 11.3 Å². The fraction of sp³-hybridized carbons (Fsp3) is 0.467. The van der Waals surface area contributed by atoms with Gasteiger partial charge < -0.3 is 9.15 Å². The van der Waals surface area contributed by atoms with Crippen LogP contribution in [0.15, 0.2) is 28.7 Å². The predicted molar refractivity (Wildman–Crippen MR) is 76.7 cm³/mol. The highest BCUT2D eigenvalue weighted by molar-refractivity contribution is 5.80. The first-order chi connectivity index (χ1) is 8.90. The van der Waals surface area contributed by atoms with E-state index in [0.717, 1.165) is 22.3 Å². The summed E-state index contributed by atoms with van der Waals surface area (Å²) in [6, 6.07) is 7.96. The van der Waals surface area contributed by atoms with Crippen LogP contribution in [0.1, 0.15) is 38.1 Å². The highest BCUT2D eigenvalue weighted by Crippen LogP contribution is 2.26. The van der Waals surface area contributed by atoms with Crippen molar-refractivity contribution in [1.29, 1.82) is 0 Å². The van der Waals surface area contributed by atoms with Gasteiger partial charge in [-0.2, -0.15) is 0 Å². The molecule has 104 valence electrons. The van der Waals surface area contributed by atoms with Gasteiger partial charge in [0.1, 0.15) is 17.4 Å². The summed E-state index contributed by atoms with van der Waals surface area (Å²) in [5.41, 5.74) is 4.59. The van der Waals surface area contributed by atoms with Gasteiger partial charge in [0.05, 0.1) is 12.2 Å². The summed E-state index contributed by atoms with van der Waals surface area (Å²) in [4.78, 5) is 0. The number of hydrogen-bond donors (Lipinski definition) is 2. The van der Waals surface area contributed by atoms with Gasteiger partial charge in [-0.25, -0.2) is 5.43 Å². The highest BCUT2D eigenvalue weighted by atomic mass is 16.5. The first-order valence-corrected chi connectivity index (χ1v) is 6.50. The number of ether oxygens (including phenoxy) is 1. The van der Waals surface area contributed by atoms with Crippen LogP contribution >= 0.6 is 0 Å². The molecule has 0 spiro atoms. The molecule has 19 heavy (non-hydrogen) atoms. The Balaban J connectivity index is 2.23. The van der Waals surface area contributed by atoms with Gasteiger partial charge in [0.2, 0.25) is 0 Å². The Labute approximate surface area is 113 Å². The molecule has 1 atom stereocenters. The lowest BCUT2D eigenvalue weighted by molar-refractivity contribution is -0.0171. The molecule has 1 unspecified atom stereocenters. The van der Waals surface area contributed by atoms with Gasteiger partial charge in [-0.05, 0) is 39.3 Å². The van der Waals surface area contributed by atoms with Crippen LogP contribution in [0.4, 0.5) is 0 Å². The number of benzene rings is 1. The molecule has 1 aromatic heterocycles. The maximum absolute atomic E-state index is 5.89. The summed E-state index contributed by atoms with van der Waals surface area (Å²) in [7, 11) is 0. The maximum Gasteiger partial charge on any atom is 0.137 e. The molecular weight excluding hydrogens is 240 g/mol. The van der Waals surface area contributed by atoms with Gasteiger partial charge in [-0.1, -0.05) is 18.2 Å². The molecule has 0 bridgehead atoms. The average molecular weight is 262 g/mol. The Morgan fingerprint density at radius 1 is 1.37 bits per heavy atom. The molecule has 0 amide bonds. The van der Waals surface area contributed by atoms with Crippen molar-refractivity contribution in [1.82, 2.24) is 5.43 Å². The molecular formula is C15H22N2O2. The number of hydrazine groups is 1. The Morgan fingerprint density at radius 2 is 2.11 bits per heavy atom. The number of rotatable bonds is 4. The second-order valence-corrected chi connectivity index (χ2v) is 5.78. The minimum atomic E-state index is -0.197. The van der Waals surface area contributed by atoms with Crippen molar-refractivity contribution in [3.8, 4) is 0 Å². The molecule has 0 fully saturated rings. The van der Waals surface area contributed by atoms with E-state index in [1.807, 2.05) is 52.0 Å². The molecule has 4 heteroatoms. The lowest BCUT2D eigenvalue weighted by Gasteiger charge is -2.23. The Kier molecular flexibility index (Phi) is 3.94. The van der Waals surface area contributed by atoms with Gasteiger partial charge >= 0.3 is 0 Å². The van der Waals surface area contributed by atoms with Gasteiger partial charge in [0.25, 0.3) is 0 Å². The zero-order valence-electron chi connectivity index (χ0n) is 12.0. The minimum absolute atomic E-state index is 0.147. The van der Waals surface area contributed by atoms with E-state index in [-0.39, 0.29) is 11.6 Å². The fourth-order valence-electron chi connectivity index (χ4n) is 1.95. The minimum Gasteiger partial charge on any atom is -0.459 e. The number of nitrogens with one attached hydrogen (secondary N) is 1. The van der Waals surface area contributed by atoms with Crippen molar-refractivity contribution < 1.29 is 9.15 Å². The zero-order valence-corrected chi connectivity index (χ0v) is 12.0. The first kappa shape index (κ1) is 14.1. The smallest absolute Gasteiger partial charge is 0.137 e. The number of furan rings is 1. The molecule has 0 aliphatic carbocycles. The van der Waals surface area contributed by atoms with Gasteiger partial charge in [0.15, 0.2) is 0 Å². The molecule has 0 saturated carbocycles. The van der Waals surface area contributed by atoms with Crippen molar-refractivity contribution >= 4 is 11.0 Å². The van der Waals surface area contributed by atoms with E-state index >= 15 is 0 Å². The van der Waals surface area contributed by atoms with E-state index in [4.69, 9.17) is 15.0 Å². The van der Waals surface area contributed by atoms with Crippen molar-refractivity contribution in [2.24, 2.45) is 5.84 Å². The van der Waals surface area contributed by atoms with Crippen LogP contribution in [0.5, 0.6) is 0 Å². The summed E-state index contributed by atoms with van der Waals surface area (Å²) < 4.78 is 11.7. The average Bonchev–Trinajstić information content (AvgIpc) is 2.73. The van der Waals surface area contributed by atoms with E-state index in [1.54, 1.807) is 0 Å². The molecule has 0 aliphatic heterocycles. The second kappa shape index (κ2) is 5.33. The molecule has 1 aromatic carbocycles. The SMILES string of the molecule is Cc1cccc2cc(C(COC(C)(C)C)NN)oc12. The normalized spacial score (nSPS) is 13.9. The first-order valence-electron chi connectivity index (χ1n) is 6.50. The van der Waals surface area contributed by atoms with Crippen LogP contribution in [0, 0.1) is 6.92 Å². The monoisotopic (exact) mass is 262 g/mol. The Bertz CT molecular complexity index is 555. The molecule has 0 radical (unpaired) electrons. The van der Waals surface area contributed by atoms with Gasteiger partial charge in [-0.15, -0.1) is 0 Å². The van der Waals surface area contributed by atoms with Gasteiger partial charge in [0, 0.05) is 5.39 Å².